The predicted octanol–water partition coefficient (Wildman–Crippen LogP) is 0.140. The molecule has 0 spiro atoms. The fraction of sp³-hybridized carbons (Fsp3) is 0.941. The average molecular weight is 310 g/mol. The second kappa shape index (κ2) is 7.28. The monoisotopic (exact) mass is 310 g/mol. The van der Waals surface area contributed by atoms with E-state index in [4.69, 9.17) is 10.5 Å². The molecule has 1 saturated heterocycles. The van der Waals surface area contributed by atoms with Gasteiger partial charge in [0.15, 0.2) is 0 Å². The van der Waals surface area contributed by atoms with Crippen LogP contribution >= 0.6 is 0 Å². The average Bonchev–Trinajstić information content (AvgIpc) is 2.55. The van der Waals surface area contributed by atoms with Gasteiger partial charge in [0.25, 0.3) is 0 Å². The van der Waals surface area contributed by atoms with Crippen molar-refractivity contribution >= 4 is 5.91 Å². The Labute approximate surface area is 133 Å². The number of quaternary nitrogens is 1. The van der Waals surface area contributed by atoms with Crippen molar-refractivity contribution in [3.8, 4) is 0 Å². The lowest BCUT2D eigenvalue weighted by molar-refractivity contribution is -0.709. The van der Waals surface area contributed by atoms with Crippen molar-refractivity contribution < 1.29 is 14.8 Å². The molecule has 5 nitrogen and oxygen atoms in total. The standard InChI is InChI=1S/C17H31N3O2/c1-22-13-6-7-14-15(8-9-19-16(14)10-13)20-12-4-2-11(3-5-12)17(18)21/h11-16,19-20H,2-10H2,1H3,(H2,18,21)/p+1. The van der Waals surface area contributed by atoms with Crippen molar-refractivity contribution in [1.82, 2.24) is 5.32 Å². The second-order valence-corrected chi connectivity index (χ2v) is 7.54. The molecule has 2 saturated carbocycles. The van der Waals surface area contributed by atoms with E-state index in [1.807, 2.05) is 7.11 Å². The third-order valence-electron chi connectivity index (χ3n) is 6.28. The molecular weight excluding hydrogens is 278 g/mol. The Hall–Kier alpha value is -0.650. The normalized spacial score (nSPS) is 42.6. The van der Waals surface area contributed by atoms with Gasteiger partial charge >= 0.3 is 0 Å². The number of nitrogens with two attached hydrogens (primary N) is 2. The van der Waals surface area contributed by atoms with Crippen molar-refractivity contribution in [3.05, 3.63) is 0 Å². The summed E-state index contributed by atoms with van der Waals surface area (Å²) < 4.78 is 5.58. The van der Waals surface area contributed by atoms with Gasteiger partial charge in [-0.05, 0) is 38.5 Å². The molecule has 3 rings (SSSR count). The minimum absolute atomic E-state index is 0.108. The number of piperidine rings is 1. The van der Waals surface area contributed by atoms with Crippen LogP contribution in [0.25, 0.3) is 0 Å². The first-order valence-electron chi connectivity index (χ1n) is 9.09. The molecular formula is C17H32N3O2+. The fourth-order valence-electron chi connectivity index (χ4n) is 4.93. The topological polar surface area (TPSA) is 81.0 Å². The number of hydrogen-bond donors (Lipinski definition) is 3. The van der Waals surface area contributed by atoms with E-state index in [1.54, 1.807) is 0 Å². The van der Waals surface area contributed by atoms with Gasteiger partial charge in [0, 0.05) is 43.9 Å². The van der Waals surface area contributed by atoms with Gasteiger partial charge in [0.05, 0.1) is 18.7 Å². The summed E-state index contributed by atoms with van der Waals surface area (Å²) in [6, 6.07) is 1.97. The molecule has 0 aromatic heterocycles. The van der Waals surface area contributed by atoms with Crippen LogP contribution in [0.4, 0.5) is 0 Å². The molecule has 1 aliphatic heterocycles. The zero-order chi connectivity index (χ0) is 15.5. The molecule has 0 radical (unpaired) electrons. The van der Waals surface area contributed by atoms with Gasteiger partial charge in [-0.15, -0.1) is 0 Å². The zero-order valence-electron chi connectivity index (χ0n) is 13.8. The second-order valence-electron chi connectivity index (χ2n) is 7.54. The van der Waals surface area contributed by atoms with Crippen molar-refractivity contribution in [3.63, 3.8) is 0 Å². The number of amides is 1. The number of ether oxygens (including phenoxy) is 1. The van der Waals surface area contributed by atoms with Crippen molar-refractivity contribution in [1.29, 1.82) is 0 Å². The lowest BCUT2D eigenvalue weighted by atomic mass is 9.74. The zero-order valence-corrected chi connectivity index (χ0v) is 13.8. The Morgan fingerprint density at radius 2 is 1.91 bits per heavy atom. The molecule has 1 amide bonds. The number of carbonyl (C=O) groups is 1. The Kier molecular flexibility index (Phi) is 5.37. The summed E-state index contributed by atoms with van der Waals surface area (Å²) in [7, 11) is 1.85. The summed E-state index contributed by atoms with van der Waals surface area (Å²) in [6.45, 7) is 1.23. The molecule has 0 aromatic rings. The van der Waals surface area contributed by atoms with Gasteiger partial charge in [-0.2, -0.15) is 0 Å². The summed E-state index contributed by atoms with van der Waals surface area (Å²) in [5.41, 5.74) is 5.44. The van der Waals surface area contributed by atoms with Gasteiger partial charge in [-0.25, -0.2) is 0 Å². The van der Waals surface area contributed by atoms with Crippen LogP contribution in [0.15, 0.2) is 0 Å². The van der Waals surface area contributed by atoms with E-state index in [0.717, 1.165) is 37.6 Å². The largest absolute Gasteiger partial charge is 0.381 e. The van der Waals surface area contributed by atoms with Crippen LogP contribution in [0.1, 0.15) is 51.4 Å². The summed E-state index contributed by atoms with van der Waals surface area (Å²) in [6.07, 6.45) is 9.56. The SMILES string of the molecule is COC1CCC2C(NC3CCC(C(N)=O)CC3)CC[NH2+]C2C1. The fourth-order valence-corrected chi connectivity index (χ4v) is 4.93. The summed E-state index contributed by atoms with van der Waals surface area (Å²) >= 11 is 0. The van der Waals surface area contributed by atoms with Crippen LogP contribution in [0.3, 0.4) is 0 Å². The van der Waals surface area contributed by atoms with Gasteiger partial charge in [-0.3, -0.25) is 4.79 Å². The van der Waals surface area contributed by atoms with E-state index >= 15 is 0 Å². The van der Waals surface area contributed by atoms with Crippen LogP contribution < -0.4 is 16.4 Å². The summed E-state index contributed by atoms with van der Waals surface area (Å²) in [5.74, 6) is 0.792. The lowest BCUT2D eigenvalue weighted by Crippen LogP contribution is -2.95. The molecule has 126 valence electrons. The molecule has 5 heteroatoms. The van der Waals surface area contributed by atoms with E-state index in [1.165, 1.54) is 32.2 Å². The minimum atomic E-state index is -0.108. The molecule has 4 unspecified atom stereocenters. The molecule has 0 aromatic carbocycles. The Morgan fingerprint density at radius 3 is 2.59 bits per heavy atom. The van der Waals surface area contributed by atoms with Crippen LogP contribution in [0.5, 0.6) is 0 Å². The first-order chi connectivity index (χ1) is 10.7. The lowest BCUT2D eigenvalue weighted by Gasteiger charge is -2.43. The van der Waals surface area contributed by atoms with E-state index in [0.29, 0.717) is 18.2 Å². The molecule has 2 aliphatic carbocycles. The highest BCUT2D eigenvalue weighted by atomic mass is 16.5. The highest BCUT2D eigenvalue weighted by Crippen LogP contribution is 2.31. The molecule has 0 bridgehead atoms. The van der Waals surface area contributed by atoms with E-state index in [9.17, 15) is 4.79 Å². The molecule has 22 heavy (non-hydrogen) atoms. The Balaban J connectivity index is 1.51. The summed E-state index contributed by atoms with van der Waals surface area (Å²) in [4.78, 5) is 11.3. The van der Waals surface area contributed by atoms with Crippen LogP contribution in [-0.2, 0) is 9.53 Å². The first kappa shape index (κ1) is 16.2. The number of methoxy groups -OCH3 is 1. The number of carbonyl (C=O) groups excluding carboxylic acids is 1. The molecule has 4 atom stereocenters. The predicted molar refractivity (Wildman–Crippen MR) is 85.2 cm³/mol. The van der Waals surface area contributed by atoms with Crippen molar-refractivity contribution in [2.45, 2.75) is 75.6 Å². The first-order valence-corrected chi connectivity index (χ1v) is 9.09. The highest BCUT2D eigenvalue weighted by molar-refractivity contribution is 5.76. The smallest absolute Gasteiger partial charge is 0.220 e. The van der Waals surface area contributed by atoms with E-state index < -0.39 is 0 Å². The molecule has 3 aliphatic rings. The van der Waals surface area contributed by atoms with E-state index in [-0.39, 0.29) is 11.8 Å². The van der Waals surface area contributed by atoms with Gasteiger partial charge < -0.3 is 21.1 Å². The van der Waals surface area contributed by atoms with Gasteiger partial charge in [0.2, 0.25) is 5.91 Å². The number of rotatable bonds is 4. The van der Waals surface area contributed by atoms with Crippen LogP contribution in [0.2, 0.25) is 0 Å². The van der Waals surface area contributed by atoms with E-state index in [2.05, 4.69) is 10.6 Å². The number of fused-ring (bicyclic) bond motifs is 1. The Bertz CT molecular complexity index is 382. The van der Waals surface area contributed by atoms with Crippen LogP contribution in [0, 0.1) is 11.8 Å². The quantitative estimate of drug-likeness (QED) is 0.691. The van der Waals surface area contributed by atoms with Gasteiger partial charge in [0.1, 0.15) is 0 Å². The third kappa shape index (κ3) is 3.63. The maximum Gasteiger partial charge on any atom is 0.220 e. The Morgan fingerprint density at radius 1 is 1.14 bits per heavy atom. The number of primary amides is 1. The van der Waals surface area contributed by atoms with Crippen molar-refractivity contribution in [2.24, 2.45) is 17.6 Å². The molecule has 1 heterocycles. The number of hydrogen-bond acceptors (Lipinski definition) is 3. The maximum absolute atomic E-state index is 11.3. The summed E-state index contributed by atoms with van der Waals surface area (Å²) in [5, 5.41) is 6.48. The van der Waals surface area contributed by atoms with Gasteiger partial charge in [-0.1, -0.05) is 0 Å². The van der Waals surface area contributed by atoms with Crippen molar-refractivity contribution in [2.75, 3.05) is 13.7 Å². The highest BCUT2D eigenvalue weighted by Gasteiger charge is 2.41. The minimum Gasteiger partial charge on any atom is -0.381 e. The molecule has 5 N–H and O–H groups in total. The third-order valence-corrected chi connectivity index (χ3v) is 6.28. The maximum atomic E-state index is 11.3. The molecule has 3 fully saturated rings. The number of nitrogens with one attached hydrogen (secondary N) is 1. The van der Waals surface area contributed by atoms with Crippen LogP contribution in [-0.4, -0.2) is 43.8 Å².